The molecule has 0 aromatic carbocycles. The first-order valence-corrected chi connectivity index (χ1v) is 6.83. The van der Waals surface area contributed by atoms with Gasteiger partial charge >= 0.3 is 5.97 Å². The Bertz CT molecular complexity index is 298. The maximum atomic E-state index is 10.3. The molecule has 0 amide bonds. The predicted molar refractivity (Wildman–Crippen MR) is 73.6 cm³/mol. The highest BCUT2D eigenvalue weighted by Gasteiger charge is 2.03. The molecule has 1 rings (SSSR count). The molecule has 0 saturated heterocycles. The first kappa shape index (κ1) is 19.0. The fourth-order valence-electron chi connectivity index (χ4n) is 1.12. The first-order chi connectivity index (χ1) is 8.72. The van der Waals surface area contributed by atoms with Gasteiger partial charge in [0.05, 0.1) is 12.1 Å². The number of nitrogens with zero attached hydrogens (tertiary/aromatic N) is 3. The van der Waals surface area contributed by atoms with Gasteiger partial charge in [-0.25, -0.2) is 0 Å². The van der Waals surface area contributed by atoms with Crippen molar-refractivity contribution in [2.75, 3.05) is 0 Å². The highest BCUT2D eigenvalue weighted by molar-refractivity contribution is 5.66. The average Bonchev–Trinajstić information content (AvgIpc) is 2.86. The van der Waals surface area contributed by atoms with Crippen LogP contribution in [0.3, 0.4) is 0 Å². The van der Waals surface area contributed by atoms with E-state index in [0.717, 1.165) is 25.1 Å². The van der Waals surface area contributed by atoms with Gasteiger partial charge in [-0.2, -0.15) is 0 Å². The molecule has 0 aliphatic rings. The van der Waals surface area contributed by atoms with Crippen molar-refractivity contribution in [2.45, 2.75) is 66.8 Å². The second kappa shape index (κ2) is 13.7. The van der Waals surface area contributed by atoms with Crippen LogP contribution in [0, 0.1) is 0 Å². The van der Waals surface area contributed by atoms with Gasteiger partial charge in [0, 0.05) is 19.2 Å². The molecule has 0 aliphatic carbocycles. The second-order valence-corrected chi connectivity index (χ2v) is 3.22. The van der Waals surface area contributed by atoms with Crippen molar-refractivity contribution >= 4 is 5.97 Å². The SMILES string of the molecule is CC.CC.CCCCn1cc(CCC(=O)O)nn1. The van der Waals surface area contributed by atoms with Crippen LogP contribution in [0.2, 0.25) is 0 Å². The number of unbranched alkanes of at least 4 members (excludes halogenated alkanes) is 1. The summed E-state index contributed by atoms with van der Waals surface area (Å²) in [4.78, 5) is 10.3. The molecule has 0 spiro atoms. The number of carbonyl (C=O) groups is 1. The molecular weight excluding hydrogens is 230 g/mol. The molecule has 0 radical (unpaired) electrons. The standard InChI is InChI=1S/C9H15N3O2.2C2H6/c1-2-3-6-12-7-8(10-11-12)4-5-9(13)14;2*1-2/h7H,2-6H2,1H3,(H,13,14);2*1-2H3. The third-order valence-corrected chi connectivity index (χ3v) is 1.92. The Hall–Kier alpha value is -1.39. The Morgan fingerprint density at radius 3 is 2.44 bits per heavy atom. The molecule has 106 valence electrons. The van der Waals surface area contributed by atoms with Gasteiger partial charge in [-0.15, -0.1) is 5.10 Å². The predicted octanol–water partition coefficient (Wildman–Crippen LogP) is 3.15. The van der Waals surface area contributed by atoms with Crippen molar-refractivity contribution in [1.82, 2.24) is 15.0 Å². The molecule has 1 heterocycles. The van der Waals surface area contributed by atoms with Crippen LogP contribution in [0.5, 0.6) is 0 Å². The van der Waals surface area contributed by atoms with Crippen molar-refractivity contribution in [3.63, 3.8) is 0 Å². The zero-order chi connectivity index (χ0) is 14.4. The minimum atomic E-state index is -0.798. The molecule has 1 N–H and O–H groups in total. The zero-order valence-corrected chi connectivity index (χ0v) is 12.3. The zero-order valence-electron chi connectivity index (χ0n) is 12.3. The molecule has 0 atom stereocenters. The quantitative estimate of drug-likeness (QED) is 0.850. The third-order valence-electron chi connectivity index (χ3n) is 1.92. The van der Waals surface area contributed by atoms with Gasteiger partial charge < -0.3 is 5.11 Å². The van der Waals surface area contributed by atoms with Crippen molar-refractivity contribution < 1.29 is 9.90 Å². The number of carboxylic acids is 1. The number of rotatable bonds is 6. The molecule has 0 fully saturated rings. The fraction of sp³-hybridized carbons (Fsp3) is 0.769. The Labute approximate surface area is 110 Å². The van der Waals surface area contributed by atoms with Crippen molar-refractivity contribution in [2.24, 2.45) is 0 Å². The van der Waals surface area contributed by atoms with E-state index in [2.05, 4.69) is 17.2 Å². The Balaban J connectivity index is 0. The van der Waals surface area contributed by atoms with Crippen molar-refractivity contribution in [1.29, 1.82) is 0 Å². The van der Waals surface area contributed by atoms with E-state index in [1.165, 1.54) is 0 Å². The summed E-state index contributed by atoms with van der Waals surface area (Å²) in [5, 5.41) is 16.3. The van der Waals surface area contributed by atoms with Crippen LogP contribution in [-0.2, 0) is 17.8 Å². The lowest BCUT2D eigenvalue weighted by Gasteiger charge is -1.95. The molecule has 18 heavy (non-hydrogen) atoms. The topological polar surface area (TPSA) is 68.0 Å². The highest BCUT2D eigenvalue weighted by atomic mass is 16.4. The molecule has 0 saturated carbocycles. The minimum absolute atomic E-state index is 0.118. The maximum absolute atomic E-state index is 10.3. The van der Waals surface area contributed by atoms with E-state index < -0.39 is 5.97 Å². The minimum Gasteiger partial charge on any atom is -0.481 e. The largest absolute Gasteiger partial charge is 0.481 e. The van der Waals surface area contributed by atoms with Crippen LogP contribution >= 0.6 is 0 Å². The summed E-state index contributed by atoms with van der Waals surface area (Å²) in [6.45, 7) is 11.0. The van der Waals surface area contributed by atoms with E-state index >= 15 is 0 Å². The van der Waals surface area contributed by atoms with Gasteiger partial charge in [-0.1, -0.05) is 46.3 Å². The number of aromatic nitrogens is 3. The normalized spacial score (nSPS) is 8.72. The lowest BCUT2D eigenvalue weighted by Crippen LogP contribution is -1.98. The van der Waals surface area contributed by atoms with E-state index in [0.29, 0.717) is 6.42 Å². The van der Waals surface area contributed by atoms with Gasteiger partial charge in [0.15, 0.2) is 0 Å². The number of hydrogen-bond acceptors (Lipinski definition) is 3. The van der Waals surface area contributed by atoms with E-state index in [1.54, 1.807) is 4.68 Å². The molecule has 1 aromatic heterocycles. The van der Waals surface area contributed by atoms with Crippen LogP contribution in [0.4, 0.5) is 0 Å². The Morgan fingerprint density at radius 1 is 1.33 bits per heavy atom. The highest BCUT2D eigenvalue weighted by Crippen LogP contribution is 1.99. The van der Waals surface area contributed by atoms with E-state index in [9.17, 15) is 4.79 Å². The van der Waals surface area contributed by atoms with Crippen LogP contribution in [-0.4, -0.2) is 26.1 Å². The van der Waals surface area contributed by atoms with Crippen LogP contribution < -0.4 is 0 Å². The number of aryl methyl sites for hydroxylation is 2. The summed E-state index contributed by atoms with van der Waals surface area (Å²) in [5.74, 6) is -0.798. The smallest absolute Gasteiger partial charge is 0.303 e. The second-order valence-electron chi connectivity index (χ2n) is 3.22. The molecule has 5 heteroatoms. The van der Waals surface area contributed by atoms with Crippen LogP contribution in [0.1, 0.15) is 59.6 Å². The Morgan fingerprint density at radius 2 is 1.94 bits per heavy atom. The summed E-state index contributed by atoms with van der Waals surface area (Å²) < 4.78 is 1.76. The van der Waals surface area contributed by atoms with Crippen molar-refractivity contribution in [3.8, 4) is 0 Å². The fourth-order valence-corrected chi connectivity index (χ4v) is 1.12. The average molecular weight is 257 g/mol. The summed E-state index contributed by atoms with van der Waals surface area (Å²) in [5.41, 5.74) is 0.753. The molecule has 5 nitrogen and oxygen atoms in total. The van der Waals surface area contributed by atoms with E-state index in [4.69, 9.17) is 5.11 Å². The Kier molecular flexibility index (Phi) is 14.4. The van der Waals surface area contributed by atoms with Crippen LogP contribution in [0.25, 0.3) is 0 Å². The lowest BCUT2D eigenvalue weighted by atomic mass is 10.2. The third kappa shape index (κ3) is 9.81. The van der Waals surface area contributed by atoms with Gasteiger partial charge in [-0.3, -0.25) is 9.48 Å². The van der Waals surface area contributed by atoms with Gasteiger partial charge in [-0.05, 0) is 6.42 Å². The van der Waals surface area contributed by atoms with Gasteiger partial charge in [0.2, 0.25) is 0 Å². The van der Waals surface area contributed by atoms with E-state index in [1.807, 2.05) is 33.9 Å². The summed E-state index contributed by atoms with van der Waals surface area (Å²) in [7, 11) is 0. The summed E-state index contributed by atoms with van der Waals surface area (Å²) >= 11 is 0. The summed E-state index contributed by atoms with van der Waals surface area (Å²) in [6.07, 6.45) is 4.58. The van der Waals surface area contributed by atoms with Gasteiger partial charge in [0.1, 0.15) is 0 Å². The number of carboxylic acid groups (broad SMARTS) is 1. The van der Waals surface area contributed by atoms with E-state index in [-0.39, 0.29) is 6.42 Å². The van der Waals surface area contributed by atoms with Crippen LogP contribution in [0.15, 0.2) is 6.20 Å². The first-order valence-electron chi connectivity index (χ1n) is 6.83. The van der Waals surface area contributed by atoms with Gasteiger partial charge in [0.25, 0.3) is 0 Å². The lowest BCUT2D eigenvalue weighted by molar-refractivity contribution is -0.136. The molecular formula is C13H27N3O2. The summed E-state index contributed by atoms with van der Waals surface area (Å²) in [6, 6.07) is 0. The number of hydrogen-bond donors (Lipinski definition) is 1. The van der Waals surface area contributed by atoms with Crippen molar-refractivity contribution in [3.05, 3.63) is 11.9 Å². The maximum Gasteiger partial charge on any atom is 0.303 e. The molecule has 0 bridgehead atoms. The monoisotopic (exact) mass is 257 g/mol. The number of aliphatic carboxylic acids is 1. The molecule has 0 aliphatic heterocycles. The molecule has 0 unspecified atom stereocenters. The molecule has 1 aromatic rings.